The number of H-pyrrole nitrogens is 2. The number of nitrogens with one attached hydrogen (secondary N) is 3. The summed E-state index contributed by atoms with van der Waals surface area (Å²) in [6, 6.07) is 0. The molecular formula is C12H16N6O. The van der Waals surface area contributed by atoms with Crippen molar-refractivity contribution in [2.75, 3.05) is 12.3 Å². The highest BCUT2D eigenvalue weighted by molar-refractivity contribution is 5.97. The maximum absolute atomic E-state index is 11.9. The zero-order valence-corrected chi connectivity index (χ0v) is 10.4. The minimum absolute atomic E-state index is 0.243. The summed E-state index contributed by atoms with van der Waals surface area (Å²) in [4.78, 5) is 19.0. The predicted molar refractivity (Wildman–Crippen MR) is 69.6 cm³/mol. The lowest BCUT2D eigenvalue weighted by molar-refractivity contribution is 0.0950. The van der Waals surface area contributed by atoms with E-state index in [4.69, 9.17) is 5.73 Å². The largest absolute Gasteiger partial charge is 0.395 e. The summed E-state index contributed by atoms with van der Waals surface area (Å²) in [5, 5.41) is 9.66. The van der Waals surface area contributed by atoms with Crippen LogP contribution in [0.4, 0.5) is 5.69 Å². The number of amides is 1. The van der Waals surface area contributed by atoms with Crippen LogP contribution in [0.3, 0.4) is 0 Å². The number of rotatable bonds is 5. The monoisotopic (exact) mass is 260 g/mol. The molecule has 100 valence electrons. The number of carbonyl (C=O) groups excluding carboxylic acids is 1. The Bertz CT molecular complexity index is 569. The Morgan fingerprint density at radius 1 is 1.53 bits per heavy atom. The van der Waals surface area contributed by atoms with Crippen LogP contribution in [-0.4, -0.2) is 32.6 Å². The highest BCUT2D eigenvalue weighted by Gasteiger charge is 2.30. The van der Waals surface area contributed by atoms with Crippen LogP contribution in [0.2, 0.25) is 0 Å². The Labute approximate surface area is 110 Å². The van der Waals surface area contributed by atoms with E-state index in [1.54, 1.807) is 12.4 Å². The average molecular weight is 260 g/mol. The Kier molecular flexibility index (Phi) is 2.94. The Morgan fingerprint density at radius 3 is 3.05 bits per heavy atom. The van der Waals surface area contributed by atoms with Crippen LogP contribution in [0.5, 0.6) is 0 Å². The van der Waals surface area contributed by atoms with Gasteiger partial charge in [-0.15, -0.1) is 0 Å². The number of anilines is 1. The third-order valence-corrected chi connectivity index (χ3v) is 3.24. The highest BCUT2D eigenvalue weighted by atomic mass is 16.1. The van der Waals surface area contributed by atoms with Crippen LogP contribution in [0.1, 0.15) is 40.8 Å². The maximum atomic E-state index is 11.9. The SMILES string of the molecule is Nc1c(C(=O)NCCc2ncc[nH]2)n[nH]c1C1CC1. The molecule has 7 heteroatoms. The molecule has 0 saturated heterocycles. The number of aromatic amines is 2. The molecule has 3 rings (SSSR count). The van der Waals surface area contributed by atoms with Gasteiger partial charge in [-0.05, 0) is 12.8 Å². The fourth-order valence-electron chi connectivity index (χ4n) is 2.03. The number of aromatic nitrogens is 4. The third-order valence-electron chi connectivity index (χ3n) is 3.24. The summed E-state index contributed by atoms with van der Waals surface area (Å²) in [5.41, 5.74) is 7.61. The number of carbonyl (C=O) groups is 1. The summed E-state index contributed by atoms with van der Waals surface area (Å²) < 4.78 is 0. The predicted octanol–water partition coefficient (Wildman–Crippen LogP) is 0.565. The van der Waals surface area contributed by atoms with Crippen molar-refractivity contribution in [1.29, 1.82) is 0 Å². The van der Waals surface area contributed by atoms with E-state index in [1.165, 1.54) is 0 Å². The summed E-state index contributed by atoms with van der Waals surface area (Å²) in [5.74, 6) is 1.05. The number of imidazole rings is 1. The summed E-state index contributed by atoms with van der Waals surface area (Å²) in [7, 11) is 0. The zero-order valence-electron chi connectivity index (χ0n) is 10.4. The number of nitrogen functional groups attached to an aromatic ring is 1. The van der Waals surface area contributed by atoms with E-state index < -0.39 is 0 Å². The number of nitrogens with two attached hydrogens (primary N) is 1. The molecule has 5 N–H and O–H groups in total. The zero-order chi connectivity index (χ0) is 13.2. The van der Waals surface area contributed by atoms with Gasteiger partial charge in [-0.25, -0.2) is 4.98 Å². The molecule has 1 aliphatic rings. The molecule has 0 aromatic carbocycles. The van der Waals surface area contributed by atoms with Gasteiger partial charge in [0.15, 0.2) is 5.69 Å². The first kappa shape index (κ1) is 11.8. The fourth-order valence-corrected chi connectivity index (χ4v) is 2.03. The van der Waals surface area contributed by atoms with E-state index >= 15 is 0 Å². The molecule has 0 unspecified atom stereocenters. The van der Waals surface area contributed by atoms with E-state index in [0.29, 0.717) is 30.3 Å². The standard InChI is InChI=1S/C12H16N6O/c13-9-10(7-1-2-7)17-18-11(9)12(19)16-4-3-8-14-5-6-15-8/h5-7H,1-4,13H2,(H,14,15)(H,16,19)(H,17,18). The highest BCUT2D eigenvalue weighted by Crippen LogP contribution is 2.42. The molecule has 7 nitrogen and oxygen atoms in total. The van der Waals surface area contributed by atoms with Crippen LogP contribution in [-0.2, 0) is 6.42 Å². The summed E-state index contributed by atoms with van der Waals surface area (Å²) in [6.45, 7) is 0.497. The molecule has 0 radical (unpaired) electrons. The second-order valence-corrected chi connectivity index (χ2v) is 4.72. The molecule has 19 heavy (non-hydrogen) atoms. The van der Waals surface area contributed by atoms with Crippen molar-refractivity contribution in [3.05, 3.63) is 29.6 Å². The van der Waals surface area contributed by atoms with Gasteiger partial charge in [0.2, 0.25) is 0 Å². The first-order valence-electron chi connectivity index (χ1n) is 6.36. The minimum atomic E-state index is -0.243. The van der Waals surface area contributed by atoms with Crippen LogP contribution in [0, 0.1) is 0 Å². The lowest BCUT2D eigenvalue weighted by Gasteiger charge is -2.02. The van der Waals surface area contributed by atoms with Crippen LogP contribution in [0.25, 0.3) is 0 Å². The van der Waals surface area contributed by atoms with E-state index in [2.05, 4.69) is 25.5 Å². The fraction of sp³-hybridized carbons (Fsp3) is 0.417. The van der Waals surface area contributed by atoms with Crippen molar-refractivity contribution in [3.8, 4) is 0 Å². The average Bonchev–Trinajstić information content (AvgIpc) is 2.96. The van der Waals surface area contributed by atoms with Gasteiger partial charge >= 0.3 is 0 Å². The molecule has 0 spiro atoms. The second kappa shape index (κ2) is 4.75. The molecule has 0 bridgehead atoms. The Hall–Kier alpha value is -2.31. The normalized spacial score (nSPS) is 14.5. The molecule has 2 heterocycles. The molecule has 1 saturated carbocycles. The van der Waals surface area contributed by atoms with Gasteiger partial charge in [-0.2, -0.15) is 5.10 Å². The maximum Gasteiger partial charge on any atom is 0.273 e. The first-order valence-corrected chi connectivity index (χ1v) is 6.36. The van der Waals surface area contributed by atoms with Crippen LogP contribution < -0.4 is 11.1 Å². The molecular weight excluding hydrogens is 244 g/mol. The molecule has 1 amide bonds. The molecule has 1 fully saturated rings. The van der Waals surface area contributed by atoms with Crippen molar-refractivity contribution >= 4 is 11.6 Å². The topological polar surface area (TPSA) is 112 Å². The van der Waals surface area contributed by atoms with Gasteiger partial charge in [0.05, 0.1) is 11.4 Å². The molecule has 0 aliphatic heterocycles. The number of hydrogen-bond donors (Lipinski definition) is 4. The van der Waals surface area contributed by atoms with Gasteiger partial charge in [0.25, 0.3) is 5.91 Å². The van der Waals surface area contributed by atoms with Crippen LogP contribution in [0.15, 0.2) is 12.4 Å². The third kappa shape index (κ3) is 2.44. The lowest BCUT2D eigenvalue weighted by Crippen LogP contribution is -2.27. The van der Waals surface area contributed by atoms with Gasteiger partial charge in [0.1, 0.15) is 5.82 Å². The van der Waals surface area contributed by atoms with E-state index in [9.17, 15) is 4.79 Å². The van der Waals surface area contributed by atoms with E-state index in [0.717, 1.165) is 24.4 Å². The second-order valence-electron chi connectivity index (χ2n) is 4.72. The van der Waals surface area contributed by atoms with Crippen molar-refractivity contribution in [2.45, 2.75) is 25.2 Å². The van der Waals surface area contributed by atoms with Gasteiger partial charge in [0, 0.05) is 31.3 Å². The molecule has 0 atom stereocenters. The van der Waals surface area contributed by atoms with Gasteiger partial charge in [-0.1, -0.05) is 0 Å². The smallest absolute Gasteiger partial charge is 0.273 e. The van der Waals surface area contributed by atoms with Crippen molar-refractivity contribution < 1.29 is 4.79 Å². The number of hydrogen-bond acceptors (Lipinski definition) is 4. The minimum Gasteiger partial charge on any atom is -0.395 e. The molecule has 2 aromatic rings. The van der Waals surface area contributed by atoms with Crippen LogP contribution >= 0.6 is 0 Å². The van der Waals surface area contributed by atoms with E-state index in [1.807, 2.05) is 0 Å². The summed E-state index contributed by atoms with van der Waals surface area (Å²) in [6.07, 6.45) is 6.33. The lowest BCUT2D eigenvalue weighted by atomic mass is 10.2. The first-order chi connectivity index (χ1) is 9.25. The Morgan fingerprint density at radius 2 is 2.37 bits per heavy atom. The van der Waals surface area contributed by atoms with Gasteiger partial charge < -0.3 is 16.0 Å². The number of nitrogens with zero attached hydrogens (tertiary/aromatic N) is 2. The van der Waals surface area contributed by atoms with Crippen molar-refractivity contribution in [2.24, 2.45) is 0 Å². The van der Waals surface area contributed by atoms with Crippen molar-refractivity contribution in [3.63, 3.8) is 0 Å². The van der Waals surface area contributed by atoms with Crippen molar-refractivity contribution in [1.82, 2.24) is 25.5 Å². The summed E-state index contributed by atoms with van der Waals surface area (Å²) >= 11 is 0. The quantitative estimate of drug-likeness (QED) is 0.629. The van der Waals surface area contributed by atoms with E-state index in [-0.39, 0.29) is 5.91 Å². The molecule has 2 aromatic heterocycles. The Balaban J connectivity index is 1.57. The molecule has 1 aliphatic carbocycles. The van der Waals surface area contributed by atoms with Gasteiger partial charge in [-0.3, -0.25) is 9.89 Å².